The Bertz CT molecular complexity index is 644. The summed E-state index contributed by atoms with van der Waals surface area (Å²) < 4.78 is 0.708. The van der Waals surface area contributed by atoms with Crippen LogP contribution >= 0.6 is 34.7 Å². The van der Waals surface area contributed by atoms with E-state index in [9.17, 15) is 0 Å². The molecule has 0 fully saturated rings. The normalized spacial score (nSPS) is 11.7. The van der Waals surface area contributed by atoms with Gasteiger partial charge in [-0.3, -0.25) is 0 Å². The molecule has 20 heavy (non-hydrogen) atoms. The lowest BCUT2D eigenvalue weighted by Gasteiger charge is -2.05. The predicted molar refractivity (Wildman–Crippen MR) is 80.1 cm³/mol. The summed E-state index contributed by atoms with van der Waals surface area (Å²) in [6.45, 7) is 0. The molecule has 2 rings (SSSR count). The van der Waals surface area contributed by atoms with E-state index in [-0.39, 0.29) is 5.84 Å². The molecule has 0 unspecified atom stereocenters. The van der Waals surface area contributed by atoms with Crippen molar-refractivity contribution in [2.45, 2.75) is 9.37 Å². The van der Waals surface area contributed by atoms with Gasteiger partial charge in [0, 0.05) is 25.9 Å². The van der Waals surface area contributed by atoms with Crippen molar-refractivity contribution in [1.29, 1.82) is 0 Å². The van der Waals surface area contributed by atoms with Crippen LogP contribution in [0.1, 0.15) is 5.56 Å². The van der Waals surface area contributed by atoms with Crippen LogP contribution in [-0.4, -0.2) is 40.3 Å². The minimum atomic E-state index is -0.0644. The summed E-state index contributed by atoms with van der Waals surface area (Å²) in [7, 11) is 3.78. The number of rotatable bonds is 4. The number of hydrogen-bond donors (Lipinski definition) is 2. The third-order valence-corrected chi connectivity index (χ3v) is 4.84. The Hall–Kier alpha value is -1.58. The van der Waals surface area contributed by atoms with Crippen LogP contribution in [-0.2, 0) is 0 Å². The van der Waals surface area contributed by atoms with Crippen LogP contribution in [0.25, 0.3) is 0 Å². The molecule has 0 aromatic carbocycles. The lowest BCUT2D eigenvalue weighted by Crippen LogP contribution is -2.14. The molecule has 106 valence electrons. The fourth-order valence-electron chi connectivity index (χ4n) is 1.25. The van der Waals surface area contributed by atoms with E-state index in [0.717, 1.165) is 5.13 Å². The second-order valence-electron chi connectivity index (χ2n) is 3.81. The van der Waals surface area contributed by atoms with Crippen LogP contribution < -0.4 is 10.6 Å². The van der Waals surface area contributed by atoms with Crippen molar-refractivity contribution in [2.75, 3.05) is 19.0 Å². The quantitative estimate of drug-likeness (QED) is 0.382. The Morgan fingerprint density at radius 1 is 1.50 bits per heavy atom. The van der Waals surface area contributed by atoms with E-state index in [1.807, 2.05) is 19.0 Å². The maximum absolute atomic E-state index is 8.71. The molecule has 0 aliphatic rings. The lowest BCUT2D eigenvalue weighted by molar-refractivity contribution is 0.318. The maximum Gasteiger partial charge on any atom is 0.208 e. The van der Waals surface area contributed by atoms with Gasteiger partial charge in [-0.15, -0.1) is 10.2 Å². The van der Waals surface area contributed by atoms with Crippen LogP contribution in [0.4, 0.5) is 5.13 Å². The molecule has 2 aromatic rings. The summed E-state index contributed by atoms with van der Waals surface area (Å²) in [5.74, 6) is -0.0644. The first kappa shape index (κ1) is 14.8. The van der Waals surface area contributed by atoms with Gasteiger partial charge >= 0.3 is 0 Å². The summed E-state index contributed by atoms with van der Waals surface area (Å²) >= 11 is 8.89. The van der Waals surface area contributed by atoms with E-state index in [2.05, 4.69) is 20.3 Å². The number of hydrogen-bond acceptors (Lipinski definition) is 8. The smallest absolute Gasteiger partial charge is 0.208 e. The summed E-state index contributed by atoms with van der Waals surface area (Å²) in [6, 6.07) is 1.58. The minimum Gasteiger partial charge on any atom is -0.409 e. The van der Waals surface area contributed by atoms with Crippen molar-refractivity contribution in [3.05, 3.63) is 22.8 Å². The molecule has 0 amide bonds. The Morgan fingerprint density at radius 2 is 2.25 bits per heavy atom. The van der Waals surface area contributed by atoms with E-state index in [1.54, 1.807) is 6.07 Å². The molecule has 7 nitrogen and oxygen atoms in total. The van der Waals surface area contributed by atoms with Gasteiger partial charge in [-0.1, -0.05) is 28.1 Å². The molecule has 0 radical (unpaired) electrons. The van der Waals surface area contributed by atoms with Gasteiger partial charge in [-0.05, 0) is 17.8 Å². The number of oxime groups is 1. The largest absolute Gasteiger partial charge is 0.409 e. The zero-order valence-corrected chi connectivity index (χ0v) is 13.0. The Kier molecular flexibility index (Phi) is 4.63. The summed E-state index contributed by atoms with van der Waals surface area (Å²) in [5, 5.41) is 21.4. The van der Waals surface area contributed by atoms with Crippen molar-refractivity contribution in [3.8, 4) is 0 Å². The number of halogens is 1. The molecule has 2 aromatic heterocycles. The molecule has 3 N–H and O–H groups in total. The van der Waals surface area contributed by atoms with Gasteiger partial charge in [0.25, 0.3) is 0 Å². The van der Waals surface area contributed by atoms with Crippen molar-refractivity contribution < 1.29 is 5.21 Å². The number of nitrogens with zero attached hydrogens (tertiary/aromatic N) is 5. The molecule has 0 atom stereocenters. The van der Waals surface area contributed by atoms with Crippen LogP contribution in [0, 0.1) is 0 Å². The van der Waals surface area contributed by atoms with Gasteiger partial charge in [0.1, 0.15) is 5.03 Å². The number of amidine groups is 1. The average molecular weight is 331 g/mol. The van der Waals surface area contributed by atoms with E-state index in [0.29, 0.717) is 20.0 Å². The molecule has 10 heteroatoms. The first-order valence-corrected chi connectivity index (χ1v) is 7.35. The summed E-state index contributed by atoms with van der Waals surface area (Å²) in [6.07, 6.45) is 1.54. The Morgan fingerprint density at radius 3 is 2.85 bits per heavy atom. The molecular formula is C10H11ClN6OS2. The molecule has 0 saturated carbocycles. The lowest BCUT2D eigenvalue weighted by atomic mass is 10.2. The molecule has 0 bridgehead atoms. The van der Waals surface area contributed by atoms with Crippen LogP contribution in [0.15, 0.2) is 26.8 Å². The molecule has 0 spiro atoms. The standard InChI is InChI=1S/C10H11ClN6OS2/c1-17(2)9-14-15-10(20-9)19-8-6(11)5(3-4-13-8)7(12)16-18/h3-4,18H,1-2H3,(H2,12,16). The number of pyridine rings is 1. The topological polar surface area (TPSA) is 101 Å². The average Bonchev–Trinajstić information content (AvgIpc) is 2.89. The van der Waals surface area contributed by atoms with E-state index in [4.69, 9.17) is 22.5 Å². The minimum absolute atomic E-state index is 0.0644. The van der Waals surface area contributed by atoms with Gasteiger partial charge in [0.15, 0.2) is 10.2 Å². The summed E-state index contributed by atoms with van der Waals surface area (Å²) in [5.41, 5.74) is 5.97. The highest BCUT2D eigenvalue weighted by Gasteiger charge is 2.15. The zero-order valence-electron chi connectivity index (χ0n) is 10.6. The summed E-state index contributed by atoms with van der Waals surface area (Å²) in [4.78, 5) is 6.03. The second kappa shape index (κ2) is 6.25. The highest BCUT2D eigenvalue weighted by atomic mass is 35.5. The SMILES string of the molecule is CN(C)c1nnc(Sc2nccc(/C(N)=N/O)c2Cl)s1. The van der Waals surface area contributed by atoms with Crippen molar-refractivity contribution in [3.63, 3.8) is 0 Å². The maximum atomic E-state index is 8.71. The van der Waals surface area contributed by atoms with Gasteiger partial charge in [-0.25, -0.2) is 4.98 Å². The molecule has 0 aliphatic heterocycles. The van der Waals surface area contributed by atoms with Crippen LogP contribution in [0.2, 0.25) is 5.02 Å². The monoisotopic (exact) mass is 330 g/mol. The van der Waals surface area contributed by atoms with Gasteiger partial charge in [0.05, 0.1) is 5.02 Å². The number of nitrogens with two attached hydrogens (primary N) is 1. The molecular weight excluding hydrogens is 320 g/mol. The molecule has 0 saturated heterocycles. The van der Waals surface area contributed by atoms with E-state index < -0.39 is 0 Å². The fraction of sp³-hybridized carbons (Fsp3) is 0.200. The Labute approximate surface area is 128 Å². The highest BCUT2D eigenvalue weighted by Crippen LogP contribution is 2.36. The van der Waals surface area contributed by atoms with Crippen molar-refractivity contribution >= 4 is 45.7 Å². The van der Waals surface area contributed by atoms with Gasteiger partial charge in [-0.2, -0.15) is 0 Å². The predicted octanol–water partition coefficient (Wildman–Crippen LogP) is 1.90. The number of aromatic nitrogens is 3. The van der Waals surface area contributed by atoms with Crippen molar-refractivity contribution in [1.82, 2.24) is 15.2 Å². The zero-order chi connectivity index (χ0) is 14.7. The van der Waals surface area contributed by atoms with Crippen molar-refractivity contribution in [2.24, 2.45) is 10.9 Å². The van der Waals surface area contributed by atoms with E-state index in [1.165, 1.54) is 29.3 Å². The Balaban J connectivity index is 2.29. The molecule has 0 aliphatic carbocycles. The van der Waals surface area contributed by atoms with E-state index >= 15 is 0 Å². The molecule has 2 heterocycles. The highest BCUT2D eigenvalue weighted by molar-refractivity contribution is 8.01. The van der Waals surface area contributed by atoms with Crippen LogP contribution in [0.5, 0.6) is 0 Å². The van der Waals surface area contributed by atoms with Gasteiger partial charge in [0.2, 0.25) is 5.13 Å². The fourth-order valence-corrected chi connectivity index (χ4v) is 3.27. The first-order chi connectivity index (χ1) is 9.52. The van der Waals surface area contributed by atoms with Crippen LogP contribution in [0.3, 0.4) is 0 Å². The van der Waals surface area contributed by atoms with Gasteiger partial charge < -0.3 is 15.8 Å². The third-order valence-electron chi connectivity index (χ3n) is 2.20. The third kappa shape index (κ3) is 3.11. The number of anilines is 1. The first-order valence-electron chi connectivity index (χ1n) is 5.34. The second-order valence-corrected chi connectivity index (χ2v) is 6.38.